The Balaban J connectivity index is 3.36. The number of aldehydes is 1. The zero-order valence-electron chi connectivity index (χ0n) is 5.47. The van der Waals surface area contributed by atoms with Crippen LogP contribution in [0.1, 0.15) is 10.4 Å². The summed E-state index contributed by atoms with van der Waals surface area (Å²) in [4.78, 5) is 10.2. The number of benzene rings is 1. The van der Waals surface area contributed by atoms with Crippen LogP contribution in [0.15, 0.2) is 12.1 Å². The summed E-state index contributed by atoms with van der Waals surface area (Å²) in [5.41, 5.74) is 0.0546. The average molecular weight is 168 g/mol. The van der Waals surface area contributed by atoms with Crippen LogP contribution in [0.4, 0.5) is 4.39 Å². The molecule has 0 aliphatic carbocycles. The van der Waals surface area contributed by atoms with Crippen LogP contribution in [0.2, 0.25) is 5.02 Å². The highest BCUT2D eigenvalue weighted by Gasteiger charge is 2.06. The maximum atomic E-state index is 12.8. The van der Waals surface area contributed by atoms with Crippen molar-refractivity contribution in [2.24, 2.45) is 0 Å². The van der Waals surface area contributed by atoms with Crippen LogP contribution in [0.25, 0.3) is 0 Å². The van der Waals surface area contributed by atoms with E-state index in [2.05, 4.69) is 0 Å². The first kappa shape index (κ1) is 8.27. The fourth-order valence-corrected chi connectivity index (χ4v) is 0.842. The molecule has 1 rings (SSSR count). The van der Waals surface area contributed by atoms with E-state index in [1.54, 1.807) is 0 Å². The number of carbonyl (C=O) groups is 1. The van der Waals surface area contributed by atoms with Gasteiger partial charge in [0.15, 0.2) is 12.1 Å². The van der Waals surface area contributed by atoms with Gasteiger partial charge in [0.25, 0.3) is 0 Å². The molecule has 4 heteroatoms. The Kier molecular flexibility index (Phi) is 2.30. The van der Waals surface area contributed by atoms with Gasteiger partial charge in [-0.15, -0.1) is 0 Å². The maximum Gasteiger partial charge on any atom is 0.153 e. The standard InChI is InChI=1S/C7H3BClFO/c8-5-2-1-4(3-11)7(10)6(5)9/h1-3H. The summed E-state index contributed by atoms with van der Waals surface area (Å²) in [5.74, 6) is -0.762. The van der Waals surface area contributed by atoms with Crippen LogP contribution < -0.4 is 5.46 Å². The first-order valence-corrected chi connectivity index (χ1v) is 3.23. The fourth-order valence-electron chi connectivity index (χ4n) is 0.670. The second-order valence-electron chi connectivity index (χ2n) is 1.99. The number of halogens is 2. The molecule has 1 nitrogen and oxygen atoms in total. The van der Waals surface area contributed by atoms with Crippen LogP contribution in [0.3, 0.4) is 0 Å². The molecule has 0 unspecified atom stereocenters. The first-order valence-electron chi connectivity index (χ1n) is 2.85. The molecule has 0 atom stereocenters. The summed E-state index contributed by atoms with van der Waals surface area (Å²) in [7, 11) is 5.26. The van der Waals surface area contributed by atoms with Gasteiger partial charge in [-0.25, -0.2) is 4.39 Å². The summed E-state index contributed by atoms with van der Waals surface area (Å²) >= 11 is 5.40. The zero-order chi connectivity index (χ0) is 8.43. The minimum Gasteiger partial charge on any atom is -0.298 e. The zero-order valence-corrected chi connectivity index (χ0v) is 6.23. The molecule has 0 aromatic heterocycles. The Labute approximate surface area is 69.6 Å². The van der Waals surface area contributed by atoms with Crippen molar-refractivity contribution in [2.75, 3.05) is 0 Å². The van der Waals surface area contributed by atoms with Crippen molar-refractivity contribution in [1.82, 2.24) is 0 Å². The van der Waals surface area contributed by atoms with Gasteiger partial charge in [0, 0.05) is 0 Å². The van der Waals surface area contributed by atoms with E-state index >= 15 is 0 Å². The molecule has 0 N–H and O–H groups in total. The molecule has 0 fully saturated rings. The van der Waals surface area contributed by atoms with Crippen molar-refractivity contribution in [1.29, 1.82) is 0 Å². The Morgan fingerprint density at radius 1 is 1.55 bits per heavy atom. The molecule has 0 heterocycles. The van der Waals surface area contributed by atoms with E-state index in [0.29, 0.717) is 6.29 Å². The van der Waals surface area contributed by atoms with Crippen LogP contribution in [0, 0.1) is 5.82 Å². The number of hydrogen-bond donors (Lipinski definition) is 0. The largest absolute Gasteiger partial charge is 0.298 e. The lowest BCUT2D eigenvalue weighted by Crippen LogP contribution is -2.07. The van der Waals surface area contributed by atoms with Gasteiger partial charge in [0.2, 0.25) is 0 Å². The highest BCUT2D eigenvalue weighted by Crippen LogP contribution is 2.13. The van der Waals surface area contributed by atoms with E-state index in [4.69, 9.17) is 19.4 Å². The smallest absolute Gasteiger partial charge is 0.153 e. The SMILES string of the molecule is [B]c1ccc(C=O)c(F)c1Cl. The fraction of sp³-hybridized carbons (Fsp3) is 0. The second kappa shape index (κ2) is 3.05. The Bertz CT molecular complexity index is 301. The van der Waals surface area contributed by atoms with Gasteiger partial charge in [-0.2, -0.15) is 0 Å². The van der Waals surface area contributed by atoms with Crippen molar-refractivity contribution >= 4 is 31.2 Å². The van der Waals surface area contributed by atoms with Crippen LogP contribution in [-0.4, -0.2) is 14.1 Å². The molecule has 0 bridgehead atoms. The predicted molar refractivity (Wildman–Crippen MR) is 42.2 cm³/mol. The van der Waals surface area contributed by atoms with E-state index in [1.807, 2.05) is 0 Å². The van der Waals surface area contributed by atoms with Gasteiger partial charge >= 0.3 is 0 Å². The summed E-state index contributed by atoms with van der Waals surface area (Å²) < 4.78 is 12.8. The average Bonchev–Trinajstić information content (AvgIpc) is 2.01. The molecule has 11 heavy (non-hydrogen) atoms. The number of carbonyl (C=O) groups excluding carboxylic acids is 1. The van der Waals surface area contributed by atoms with Crippen molar-refractivity contribution in [3.8, 4) is 0 Å². The number of hydrogen-bond acceptors (Lipinski definition) is 1. The topological polar surface area (TPSA) is 17.1 Å². The Hall–Kier alpha value is -0.825. The van der Waals surface area contributed by atoms with Crippen molar-refractivity contribution < 1.29 is 9.18 Å². The summed E-state index contributed by atoms with van der Waals surface area (Å²) in [6, 6.07) is 2.67. The predicted octanol–water partition coefficient (Wildman–Crippen LogP) is 1.09. The molecule has 0 amide bonds. The molecule has 54 valence electrons. The highest BCUT2D eigenvalue weighted by molar-refractivity contribution is 6.45. The lowest BCUT2D eigenvalue weighted by Gasteiger charge is -2.00. The summed E-state index contributed by atoms with van der Waals surface area (Å²) in [6.07, 6.45) is 0.390. The highest BCUT2D eigenvalue weighted by atomic mass is 35.5. The lowest BCUT2D eigenvalue weighted by molar-refractivity contribution is 0.112. The van der Waals surface area contributed by atoms with Crippen molar-refractivity contribution in [2.45, 2.75) is 0 Å². The van der Waals surface area contributed by atoms with Crippen molar-refractivity contribution in [3.63, 3.8) is 0 Å². The third-order valence-electron chi connectivity index (χ3n) is 1.27. The minimum absolute atomic E-state index is 0.0794. The first-order chi connectivity index (χ1) is 5.16. The molecule has 1 aromatic rings. The lowest BCUT2D eigenvalue weighted by atomic mass is 9.95. The van der Waals surface area contributed by atoms with Gasteiger partial charge < -0.3 is 0 Å². The molecular formula is C7H3BClFO. The molecule has 0 aliphatic heterocycles. The molecule has 0 aliphatic rings. The molecule has 0 saturated heterocycles. The molecule has 2 radical (unpaired) electrons. The van der Waals surface area contributed by atoms with Crippen LogP contribution >= 0.6 is 11.6 Å². The van der Waals surface area contributed by atoms with E-state index < -0.39 is 5.82 Å². The number of rotatable bonds is 1. The van der Waals surface area contributed by atoms with E-state index in [0.717, 1.165) is 0 Å². The minimum atomic E-state index is -0.762. The normalized spacial score (nSPS) is 9.64. The van der Waals surface area contributed by atoms with E-state index in [-0.39, 0.29) is 16.0 Å². The van der Waals surface area contributed by atoms with E-state index in [1.165, 1.54) is 12.1 Å². The molecular weight excluding hydrogens is 165 g/mol. The van der Waals surface area contributed by atoms with Gasteiger partial charge in [0.1, 0.15) is 7.85 Å². The second-order valence-corrected chi connectivity index (χ2v) is 2.37. The Morgan fingerprint density at radius 2 is 2.18 bits per heavy atom. The summed E-state index contributed by atoms with van der Waals surface area (Å²) in [5, 5.41) is -0.199. The molecule has 0 saturated carbocycles. The van der Waals surface area contributed by atoms with Gasteiger partial charge in [-0.1, -0.05) is 23.1 Å². The van der Waals surface area contributed by atoms with Gasteiger partial charge in [-0.05, 0) is 6.07 Å². The maximum absolute atomic E-state index is 12.8. The monoisotopic (exact) mass is 168 g/mol. The quantitative estimate of drug-likeness (QED) is 0.453. The Morgan fingerprint density at radius 3 is 2.73 bits per heavy atom. The third kappa shape index (κ3) is 1.43. The van der Waals surface area contributed by atoms with Gasteiger partial charge in [0.05, 0.1) is 10.6 Å². The third-order valence-corrected chi connectivity index (χ3v) is 1.65. The van der Waals surface area contributed by atoms with Crippen LogP contribution in [0.5, 0.6) is 0 Å². The molecule has 0 spiro atoms. The van der Waals surface area contributed by atoms with Crippen LogP contribution in [-0.2, 0) is 0 Å². The molecule has 1 aromatic carbocycles. The summed E-state index contributed by atoms with van der Waals surface area (Å²) in [6.45, 7) is 0. The van der Waals surface area contributed by atoms with E-state index in [9.17, 15) is 9.18 Å². The van der Waals surface area contributed by atoms with Crippen molar-refractivity contribution in [3.05, 3.63) is 28.5 Å². The van der Waals surface area contributed by atoms with Gasteiger partial charge in [-0.3, -0.25) is 4.79 Å².